The summed E-state index contributed by atoms with van der Waals surface area (Å²) < 4.78 is 0. The van der Waals surface area contributed by atoms with Gasteiger partial charge in [0.25, 0.3) is 0 Å². The number of anilines is 1. The number of nitrogens with one attached hydrogen (secondary N) is 1. The second-order valence-corrected chi connectivity index (χ2v) is 6.92. The average molecular weight is 425 g/mol. The van der Waals surface area contributed by atoms with Gasteiger partial charge in [-0.2, -0.15) is 0 Å². The molecule has 0 saturated carbocycles. The molecule has 1 amide bonds. The molecule has 2 heterocycles. The fourth-order valence-corrected chi connectivity index (χ4v) is 3.30. The van der Waals surface area contributed by atoms with Gasteiger partial charge in [-0.15, -0.1) is 24.8 Å². The molecule has 1 unspecified atom stereocenters. The Labute approximate surface area is 179 Å². The van der Waals surface area contributed by atoms with Crippen LogP contribution in [0.15, 0.2) is 48.7 Å². The van der Waals surface area contributed by atoms with E-state index in [2.05, 4.69) is 21.3 Å². The molecule has 1 fully saturated rings. The van der Waals surface area contributed by atoms with E-state index in [0.29, 0.717) is 6.54 Å². The van der Waals surface area contributed by atoms with Crippen molar-refractivity contribution in [3.05, 3.63) is 59.8 Å². The van der Waals surface area contributed by atoms with Crippen LogP contribution in [0.4, 0.5) is 5.82 Å². The number of amides is 1. The van der Waals surface area contributed by atoms with Gasteiger partial charge in [-0.05, 0) is 30.0 Å². The second-order valence-electron chi connectivity index (χ2n) is 6.92. The first-order chi connectivity index (χ1) is 12.7. The fraction of sp³-hybridized carbons (Fsp3) is 0.429. The molecule has 1 aliphatic heterocycles. The maximum atomic E-state index is 12.1. The number of nitrogens with two attached hydrogens (primary N) is 1. The van der Waals surface area contributed by atoms with E-state index in [4.69, 9.17) is 5.73 Å². The Morgan fingerprint density at radius 2 is 1.71 bits per heavy atom. The molecular weight excluding hydrogens is 395 g/mol. The van der Waals surface area contributed by atoms with Crippen LogP contribution in [-0.2, 0) is 11.3 Å². The number of benzene rings is 1. The van der Waals surface area contributed by atoms with Gasteiger partial charge in [-0.1, -0.05) is 49.2 Å². The molecule has 28 heavy (non-hydrogen) atoms. The summed E-state index contributed by atoms with van der Waals surface area (Å²) in [5.74, 6) is 0.992. The molecule has 1 saturated heterocycles. The Kier molecular flexibility index (Phi) is 10.9. The van der Waals surface area contributed by atoms with Gasteiger partial charge in [0.15, 0.2) is 0 Å². The van der Waals surface area contributed by atoms with Crippen LogP contribution in [0.3, 0.4) is 0 Å². The van der Waals surface area contributed by atoms with Gasteiger partial charge in [0, 0.05) is 38.3 Å². The second kappa shape index (κ2) is 12.6. The number of rotatable bonds is 6. The summed E-state index contributed by atoms with van der Waals surface area (Å²) in [6.45, 7) is 2.65. The molecule has 7 heteroatoms. The molecule has 154 valence electrons. The lowest BCUT2D eigenvalue weighted by Crippen LogP contribution is -2.27. The van der Waals surface area contributed by atoms with E-state index >= 15 is 0 Å². The molecule has 1 aromatic carbocycles. The fourth-order valence-electron chi connectivity index (χ4n) is 3.30. The molecule has 1 aromatic heterocycles. The summed E-state index contributed by atoms with van der Waals surface area (Å²) in [4.78, 5) is 19.1. The highest BCUT2D eigenvalue weighted by Gasteiger charge is 2.12. The molecule has 0 bridgehead atoms. The van der Waals surface area contributed by atoms with Crippen molar-refractivity contribution in [1.82, 2.24) is 10.3 Å². The van der Waals surface area contributed by atoms with E-state index in [-0.39, 0.29) is 43.2 Å². The third-order valence-corrected chi connectivity index (χ3v) is 4.86. The smallest absolute Gasteiger partial charge is 0.222 e. The van der Waals surface area contributed by atoms with E-state index in [9.17, 15) is 4.79 Å². The first kappa shape index (κ1) is 24.2. The van der Waals surface area contributed by atoms with E-state index in [1.165, 1.54) is 25.7 Å². The summed E-state index contributed by atoms with van der Waals surface area (Å²) in [5.41, 5.74) is 8.08. The van der Waals surface area contributed by atoms with E-state index in [1.807, 2.05) is 42.6 Å². The van der Waals surface area contributed by atoms with Crippen LogP contribution in [0.25, 0.3) is 0 Å². The Bertz CT molecular complexity index is 689. The van der Waals surface area contributed by atoms with Gasteiger partial charge in [-0.3, -0.25) is 4.79 Å². The number of carbonyl (C=O) groups excluding carboxylic acids is 1. The summed E-state index contributed by atoms with van der Waals surface area (Å²) in [7, 11) is 0. The first-order valence-corrected chi connectivity index (χ1v) is 9.49. The third-order valence-electron chi connectivity index (χ3n) is 4.86. The number of halogens is 2. The lowest BCUT2D eigenvalue weighted by molar-refractivity contribution is -0.121. The molecule has 1 aliphatic rings. The molecule has 0 aliphatic carbocycles. The van der Waals surface area contributed by atoms with Crippen molar-refractivity contribution in [2.24, 2.45) is 5.73 Å². The van der Waals surface area contributed by atoms with Crippen molar-refractivity contribution < 1.29 is 4.79 Å². The van der Waals surface area contributed by atoms with Gasteiger partial charge in [0.1, 0.15) is 5.82 Å². The number of hydrogen-bond donors (Lipinski definition) is 2. The third kappa shape index (κ3) is 7.30. The van der Waals surface area contributed by atoms with Gasteiger partial charge in [0.05, 0.1) is 0 Å². The van der Waals surface area contributed by atoms with E-state index in [1.54, 1.807) is 0 Å². The molecule has 0 radical (unpaired) electrons. The van der Waals surface area contributed by atoms with Crippen molar-refractivity contribution in [3.63, 3.8) is 0 Å². The van der Waals surface area contributed by atoms with E-state index in [0.717, 1.165) is 30.0 Å². The minimum absolute atomic E-state index is 0. The average Bonchev–Trinajstić information content (AvgIpc) is 2.97. The van der Waals surface area contributed by atoms with Crippen molar-refractivity contribution in [3.8, 4) is 0 Å². The van der Waals surface area contributed by atoms with Crippen molar-refractivity contribution >= 4 is 36.5 Å². The van der Waals surface area contributed by atoms with Crippen LogP contribution in [0.5, 0.6) is 0 Å². The van der Waals surface area contributed by atoms with Crippen LogP contribution in [-0.4, -0.2) is 24.0 Å². The summed E-state index contributed by atoms with van der Waals surface area (Å²) in [5, 5.41) is 2.94. The molecule has 5 nitrogen and oxygen atoms in total. The van der Waals surface area contributed by atoms with Gasteiger partial charge >= 0.3 is 0 Å². The van der Waals surface area contributed by atoms with Crippen LogP contribution in [0, 0.1) is 0 Å². The van der Waals surface area contributed by atoms with Gasteiger partial charge in [-0.25, -0.2) is 4.98 Å². The Hall–Kier alpha value is -1.82. The summed E-state index contributed by atoms with van der Waals surface area (Å²) in [6.07, 6.45) is 7.24. The zero-order valence-corrected chi connectivity index (χ0v) is 17.7. The number of pyridine rings is 1. The summed E-state index contributed by atoms with van der Waals surface area (Å²) in [6, 6.07) is 13.5. The topological polar surface area (TPSA) is 71.2 Å². The number of hydrogen-bond acceptors (Lipinski definition) is 4. The van der Waals surface area contributed by atoms with E-state index < -0.39 is 0 Å². The van der Waals surface area contributed by atoms with Crippen LogP contribution >= 0.6 is 24.8 Å². The Morgan fingerprint density at radius 3 is 2.32 bits per heavy atom. The molecule has 2 aromatic rings. The van der Waals surface area contributed by atoms with Gasteiger partial charge < -0.3 is 16.0 Å². The molecule has 3 N–H and O–H groups in total. The zero-order chi connectivity index (χ0) is 18.2. The Balaban J connectivity index is 0.00000196. The zero-order valence-electron chi connectivity index (χ0n) is 16.0. The highest BCUT2D eigenvalue weighted by molar-refractivity contribution is 5.85. The minimum atomic E-state index is -0.278. The van der Waals surface area contributed by atoms with Gasteiger partial charge in [0.2, 0.25) is 5.91 Å². The lowest BCUT2D eigenvalue weighted by Gasteiger charge is -2.21. The monoisotopic (exact) mass is 424 g/mol. The molecular formula is C21H30Cl2N4O. The predicted octanol–water partition coefficient (Wildman–Crippen LogP) is 4.01. The van der Waals surface area contributed by atoms with Crippen LogP contribution < -0.4 is 16.0 Å². The quantitative estimate of drug-likeness (QED) is 0.734. The largest absolute Gasteiger partial charge is 0.357 e. The molecule has 0 spiro atoms. The SMILES string of the molecule is Cl.Cl.NC(CC(=O)NCc1ccc(N2CCCCCC2)nc1)c1ccccc1. The minimum Gasteiger partial charge on any atom is -0.357 e. The highest BCUT2D eigenvalue weighted by Crippen LogP contribution is 2.17. The number of nitrogens with zero attached hydrogens (tertiary/aromatic N) is 2. The van der Waals surface area contributed by atoms with Crippen LogP contribution in [0.2, 0.25) is 0 Å². The van der Waals surface area contributed by atoms with Crippen molar-refractivity contribution in [2.45, 2.75) is 44.7 Å². The molecule has 3 rings (SSSR count). The highest BCUT2D eigenvalue weighted by atomic mass is 35.5. The lowest BCUT2D eigenvalue weighted by atomic mass is 10.0. The number of carbonyl (C=O) groups is 1. The normalized spacial score (nSPS) is 14.8. The maximum Gasteiger partial charge on any atom is 0.222 e. The van der Waals surface area contributed by atoms with Crippen molar-refractivity contribution in [1.29, 1.82) is 0 Å². The predicted molar refractivity (Wildman–Crippen MR) is 119 cm³/mol. The van der Waals surface area contributed by atoms with Crippen LogP contribution in [0.1, 0.15) is 49.3 Å². The Morgan fingerprint density at radius 1 is 1.04 bits per heavy atom. The van der Waals surface area contributed by atoms with Crippen molar-refractivity contribution in [2.75, 3.05) is 18.0 Å². The molecule has 1 atom stereocenters. The summed E-state index contributed by atoms with van der Waals surface area (Å²) >= 11 is 0. The standard InChI is InChI=1S/C21H28N4O.2ClH/c22-19(18-8-4-3-5-9-18)14-21(26)24-16-17-10-11-20(23-15-17)25-12-6-1-2-7-13-25;;/h3-5,8-11,15,19H,1-2,6-7,12-14,16,22H2,(H,24,26);2*1H. The maximum absolute atomic E-state index is 12.1. The number of aromatic nitrogens is 1. The first-order valence-electron chi connectivity index (χ1n) is 9.49.